The number of anilines is 1. The molecular formula is C23H17FN2O3. The molecule has 4 rings (SSSR count). The van der Waals surface area contributed by atoms with Gasteiger partial charge in [-0.05, 0) is 54.1 Å². The molecule has 0 spiro atoms. The molecule has 1 aromatic heterocycles. The van der Waals surface area contributed by atoms with Crippen LogP contribution in [0.1, 0.15) is 5.56 Å². The topological polar surface area (TPSA) is 64.4 Å². The number of halogens is 1. The largest absolute Gasteiger partial charge is 0.497 e. The van der Waals surface area contributed by atoms with Crippen LogP contribution in [0.15, 0.2) is 77.2 Å². The van der Waals surface area contributed by atoms with Crippen LogP contribution in [0.3, 0.4) is 0 Å². The fourth-order valence-corrected chi connectivity index (χ4v) is 2.81. The van der Waals surface area contributed by atoms with E-state index in [1.165, 1.54) is 18.2 Å². The Morgan fingerprint density at radius 1 is 1.10 bits per heavy atom. The predicted molar refractivity (Wildman–Crippen MR) is 110 cm³/mol. The van der Waals surface area contributed by atoms with Crippen molar-refractivity contribution in [2.75, 3.05) is 12.4 Å². The lowest BCUT2D eigenvalue weighted by Crippen LogP contribution is -2.07. The lowest BCUT2D eigenvalue weighted by molar-refractivity contribution is -0.111. The highest BCUT2D eigenvalue weighted by atomic mass is 19.1. The van der Waals surface area contributed by atoms with Crippen LogP contribution in [0.4, 0.5) is 10.1 Å². The van der Waals surface area contributed by atoms with Gasteiger partial charge in [0.25, 0.3) is 0 Å². The summed E-state index contributed by atoms with van der Waals surface area (Å²) in [5.41, 5.74) is 3.36. The number of aromatic nitrogens is 1. The van der Waals surface area contributed by atoms with Crippen LogP contribution >= 0.6 is 0 Å². The number of nitrogens with one attached hydrogen (secondary N) is 1. The van der Waals surface area contributed by atoms with Gasteiger partial charge in [-0.15, -0.1) is 0 Å². The Morgan fingerprint density at radius 3 is 2.72 bits per heavy atom. The van der Waals surface area contributed by atoms with Gasteiger partial charge in [0, 0.05) is 23.4 Å². The number of ether oxygens (including phenoxy) is 1. The number of methoxy groups -OCH3 is 1. The molecular weight excluding hydrogens is 371 g/mol. The van der Waals surface area contributed by atoms with Crippen LogP contribution in [0.5, 0.6) is 5.75 Å². The summed E-state index contributed by atoms with van der Waals surface area (Å²) < 4.78 is 24.0. The highest BCUT2D eigenvalue weighted by Gasteiger charge is 2.10. The van der Waals surface area contributed by atoms with Crippen molar-refractivity contribution in [3.63, 3.8) is 0 Å². The lowest BCUT2D eigenvalue weighted by atomic mass is 10.2. The van der Waals surface area contributed by atoms with Gasteiger partial charge in [0.2, 0.25) is 11.8 Å². The molecule has 5 nitrogen and oxygen atoms in total. The molecule has 144 valence electrons. The van der Waals surface area contributed by atoms with E-state index in [0.717, 1.165) is 11.1 Å². The predicted octanol–water partition coefficient (Wildman–Crippen LogP) is 5.29. The summed E-state index contributed by atoms with van der Waals surface area (Å²) in [6.07, 6.45) is 3.00. The second-order valence-electron chi connectivity index (χ2n) is 6.31. The summed E-state index contributed by atoms with van der Waals surface area (Å²) in [6.45, 7) is 0. The number of oxazole rings is 1. The molecule has 0 unspecified atom stereocenters. The van der Waals surface area contributed by atoms with Gasteiger partial charge in [0.15, 0.2) is 5.58 Å². The fourth-order valence-electron chi connectivity index (χ4n) is 2.81. The highest BCUT2D eigenvalue weighted by molar-refractivity contribution is 6.02. The summed E-state index contributed by atoms with van der Waals surface area (Å²) in [6, 6.07) is 18.6. The Labute approximate surface area is 166 Å². The molecule has 4 aromatic rings. The number of fused-ring (bicyclic) bond motifs is 1. The van der Waals surface area contributed by atoms with E-state index in [-0.39, 0.29) is 11.7 Å². The molecule has 0 bridgehead atoms. The number of carbonyl (C=O) groups is 1. The minimum absolute atomic E-state index is 0.304. The van der Waals surface area contributed by atoms with Gasteiger partial charge in [-0.1, -0.05) is 18.2 Å². The van der Waals surface area contributed by atoms with E-state index in [9.17, 15) is 9.18 Å². The molecule has 0 saturated heterocycles. The first-order valence-electron chi connectivity index (χ1n) is 8.90. The van der Waals surface area contributed by atoms with E-state index in [4.69, 9.17) is 9.15 Å². The maximum absolute atomic E-state index is 12.9. The number of carbonyl (C=O) groups excluding carboxylic acids is 1. The van der Waals surface area contributed by atoms with Gasteiger partial charge < -0.3 is 14.5 Å². The van der Waals surface area contributed by atoms with Crippen molar-refractivity contribution >= 4 is 28.8 Å². The average Bonchev–Trinajstić information content (AvgIpc) is 3.17. The van der Waals surface area contributed by atoms with Crippen LogP contribution in [0, 0.1) is 5.82 Å². The molecule has 0 saturated carbocycles. The third kappa shape index (κ3) is 4.32. The molecule has 1 heterocycles. The van der Waals surface area contributed by atoms with Gasteiger partial charge in [-0.2, -0.15) is 0 Å². The zero-order valence-corrected chi connectivity index (χ0v) is 15.6. The summed E-state index contributed by atoms with van der Waals surface area (Å²) in [5.74, 6) is 0.561. The molecule has 3 aromatic carbocycles. The molecule has 6 heteroatoms. The van der Waals surface area contributed by atoms with E-state index >= 15 is 0 Å². The molecule has 1 N–H and O–H groups in total. The first kappa shape index (κ1) is 18.4. The van der Waals surface area contributed by atoms with Crippen molar-refractivity contribution in [3.8, 4) is 17.2 Å². The Kier molecular flexibility index (Phi) is 5.07. The SMILES string of the molecule is COc1cccc(-c2nc3ccc(NC(=O)/C=C/c4ccc(F)cc4)cc3o2)c1. The van der Waals surface area contributed by atoms with Crippen molar-refractivity contribution in [2.24, 2.45) is 0 Å². The standard InChI is InChI=1S/C23H17FN2O3/c1-28-19-4-2-3-16(13-19)23-26-20-11-10-18(14-21(20)29-23)25-22(27)12-7-15-5-8-17(24)9-6-15/h2-14H,1H3,(H,25,27)/b12-7+. The van der Waals surface area contributed by atoms with Crippen LogP contribution in [-0.4, -0.2) is 18.0 Å². The van der Waals surface area contributed by atoms with E-state index in [1.807, 2.05) is 24.3 Å². The van der Waals surface area contributed by atoms with Crippen molar-refractivity contribution in [2.45, 2.75) is 0 Å². The highest BCUT2D eigenvalue weighted by Crippen LogP contribution is 2.28. The summed E-state index contributed by atoms with van der Waals surface area (Å²) in [5, 5.41) is 2.78. The number of benzene rings is 3. The molecule has 0 aliphatic carbocycles. The fraction of sp³-hybridized carbons (Fsp3) is 0.0435. The van der Waals surface area contributed by atoms with Gasteiger partial charge in [-0.3, -0.25) is 4.79 Å². The molecule has 29 heavy (non-hydrogen) atoms. The molecule has 0 radical (unpaired) electrons. The van der Waals surface area contributed by atoms with Crippen molar-refractivity contribution < 1.29 is 18.3 Å². The zero-order chi connectivity index (χ0) is 20.2. The lowest BCUT2D eigenvalue weighted by Gasteiger charge is -2.01. The summed E-state index contributed by atoms with van der Waals surface area (Å²) in [7, 11) is 1.60. The second-order valence-corrected chi connectivity index (χ2v) is 6.31. The van der Waals surface area contributed by atoms with Crippen molar-refractivity contribution in [1.82, 2.24) is 4.98 Å². The molecule has 0 aliphatic rings. The minimum atomic E-state index is -0.319. The third-order valence-corrected chi connectivity index (χ3v) is 4.27. The van der Waals surface area contributed by atoms with Crippen LogP contribution in [0.2, 0.25) is 0 Å². The van der Waals surface area contributed by atoms with Gasteiger partial charge >= 0.3 is 0 Å². The van der Waals surface area contributed by atoms with Gasteiger partial charge in [-0.25, -0.2) is 9.37 Å². The maximum atomic E-state index is 12.9. The molecule has 0 atom stereocenters. The number of amides is 1. The average molecular weight is 388 g/mol. The maximum Gasteiger partial charge on any atom is 0.248 e. The van der Waals surface area contributed by atoms with Gasteiger partial charge in [0.05, 0.1) is 7.11 Å². The van der Waals surface area contributed by atoms with Crippen LogP contribution in [0.25, 0.3) is 28.6 Å². The number of rotatable bonds is 5. The Bertz CT molecular complexity index is 1200. The first-order valence-corrected chi connectivity index (χ1v) is 8.90. The molecule has 0 fully saturated rings. The monoisotopic (exact) mass is 388 g/mol. The third-order valence-electron chi connectivity index (χ3n) is 4.27. The summed E-state index contributed by atoms with van der Waals surface area (Å²) >= 11 is 0. The van der Waals surface area contributed by atoms with Crippen LogP contribution < -0.4 is 10.1 Å². The Hall–Kier alpha value is -3.93. The van der Waals surface area contributed by atoms with Crippen LogP contribution in [-0.2, 0) is 4.79 Å². The zero-order valence-electron chi connectivity index (χ0n) is 15.6. The smallest absolute Gasteiger partial charge is 0.248 e. The van der Waals surface area contributed by atoms with Crippen molar-refractivity contribution in [1.29, 1.82) is 0 Å². The van der Waals surface area contributed by atoms with Gasteiger partial charge in [0.1, 0.15) is 17.1 Å². The van der Waals surface area contributed by atoms with E-state index < -0.39 is 0 Å². The van der Waals surface area contributed by atoms with E-state index in [0.29, 0.717) is 28.4 Å². The molecule has 0 aliphatic heterocycles. The van der Waals surface area contributed by atoms with Crippen molar-refractivity contribution in [3.05, 3.63) is 84.2 Å². The number of hydrogen-bond donors (Lipinski definition) is 1. The Morgan fingerprint density at radius 2 is 1.93 bits per heavy atom. The first-order chi connectivity index (χ1) is 14.1. The quantitative estimate of drug-likeness (QED) is 0.472. The molecule has 1 amide bonds. The second kappa shape index (κ2) is 7.98. The minimum Gasteiger partial charge on any atom is -0.497 e. The summed E-state index contributed by atoms with van der Waals surface area (Å²) in [4.78, 5) is 16.6. The van der Waals surface area contributed by atoms with E-state index in [2.05, 4.69) is 10.3 Å². The number of nitrogens with zero attached hydrogens (tertiary/aromatic N) is 1. The Balaban J connectivity index is 1.51. The normalized spacial score (nSPS) is 11.1. The number of hydrogen-bond acceptors (Lipinski definition) is 4. The van der Waals surface area contributed by atoms with E-state index in [1.54, 1.807) is 43.5 Å².